The van der Waals surface area contributed by atoms with Crippen LogP contribution in [0.4, 0.5) is 14.5 Å². The van der Waals surface area contributed by atoms with Crippen molar-refractivity contribution in [2.24, 2.45) is 0 Å². The van der Waals surface area contributed by atoms with E-state index in [0.717, 1.165) is 37.9 Å². The van der Waals surface area contributed by atoms with Gasteiger partial charge in [0.2, 0.25) is 11.8 Å². The molecule has 0 saturated heterocycles. The van der Waals surface area contributed by atoms with E-state index < -0.39 is 17.5 Å². The Bertz CT molecular complexity index is 784. The van der Waals surface area contributed by atoms with Gasteiger partial charge in [-0.1, -0.05) is 31.5 Å². The lowest BCUT2D eigenvalue weighted by Crippen LogP contribution is -2.34. The average molecular weight is 397 g/mol. The lowest BCUT2D eigenvalue weighted by molar-refractivity contribution is -0.122. The van der Waals surface area contributed by atoms with E-state index in [1.54, 1.807) is 6.33 Å². The van der Waals surface area contributed by atoms with Gasteiger partial charge in [0, 0.05) is 18.3 Å². The largest absolute Gasteiger partial charge is 0.346 e. The van der Waals surface area contributed by atoms with E-state index in [-0.39, 0.29) is 23.9 Å². The number of anilines is 1. The van der Waals surface area contributed by atoms with Gasteiger partial charge in [-0.3, -0.25) is 9.59 Å². The molecule has 1 aromatic heterocycles. The van der Waals surface area contributed by atoms with Crippen molar-refractivity contribution in [1.29, 1.82) is 0 Å². The predicted molar refractivity (Wildman–Crippen MR) is 98.3 cm³/mol. The van der Waals surface area contributed by atoms with E-state index in [4.69, 9.17) is 0 Å². The molecule has 0 saturated carbocycles. The van der Waals surface area contributed by atoms with Gasteiger partial charge in [-0.15, -0.1) is 10.2 Å². The number of nitrogens with zero attached hydrogens (tertiary/aromatic N) is 3. The zero-order chi connectivity index (χ0) is 19.6. The zero-order valence-corrected chi connectivity index (χ0v) is 15.7. The normalized spacial score (nSPS) is 10.6. The van der Waals surface area contributed by atoms with Gasteiger partial charge in [0.1, 0.15) is 6.33 Å². The Balaban J connectivity index is 1.72. The van der Waals surface area contributed by atoms with Gasteiger partial charge >= 0.3 is 0 Å². The van der Waals surface area contributed by atoms with Crippen LogP contribution in [-0.4, -0.2) is 38.9 Å². The molecule has 2 aromatic rings. The van der Waals surface area contributed by atoms with Crippen LogP contribution in [0.25, 0.3) is 0 Å². The number of aryl methyl sites for hydroxylation is 1. The van der Waals surface area contributed by atoms with Crippen LogP contribution in [0.5, 0.6) is 0 Å². The summed E-state index contributed by atoms with van der Waals surface area (Å²) in [7, 11) is 0. The molecule has 2 amide bonds. The van der Waals surface area contributed by atoms with Gasteiger partial charge in [0.05, 0.1) is 12.3 Å². The first kappa shape index (κ1) is 20.8. The molecule has 1 aromatic carbocycles. The molecule has 0 spiro atoms. The van der Waals surface area contributed by atoms with Crippen molar-refractivity contribution in [2.75, 3.05) is 17.6 Å². The SMILES string of the molecule is CCCCCn1cnnc1SCC(=O)NCC(=O)Nc1ccc(F)c(F)c1. The molecule has 0 unspecified atom stereocenters. The topological polar surface area (TPSA) is 88.9 Å². The second kappa shape index (κ2) is 10.6. The molecule has 10 heteroatoms. The Morgan fingerprint density at radius 1 is 1.19 bits per heavy atom. The van der Waals surface area contributed by atoms with E-state index in [9.17, 15) is 18.4 Å². The number of thioether (sulfide) groups is 1. The molecule has 7 nitrogen and oxygen atoms in total. The number of aromatic nitrogens is 3. The summed E-state index contributed by atoms with van der Waals surface area (Å²) in [6, 6.07) is 3.02. The summed E-state index contributed by atoms with van der Waals surface area (Å²) in [5.74, 6) is -2.85. The van der Waals surface area contributed by atoms with Gasteiger partial charge in [0.25, 0.3) is 0 Å². The number of carbonyl (C=O) groups excluding carboxylic acids is 2. The fourth-order valence-electron chi connectivity index (χ4n) is 2.18. The Morgan fingerprint density at radius 3 is 2.74 bits per heavy atom. The van der Waals surface area contributed by atoms with Gasteiger partial charge < -0.3 is 15.2 Å². The molecule has 0 bridgehead atoms. The van der Waals surface area contributed by atoms with Crippen LogP contribution in [0.1, 0.15) is 26.2 Å². The number of nitrogens with one attached hydrogen (secondary N) is 2. The summed E-state index contributed by atoms with van der Waals surface area (Å²) in [4.78, 5) is 23.7. The number of hydrogen-bond acceptors (Lipinski definition) is 5. The number of unbranched alkanes of at least 4 members (excludes halogenated alkanes) is 2. The highest BCUT2D eigenvalue weighted by molar-refractivity contribution is 7.99. The molecule has 0 atom stereocenters. The first-order valence-electron chi connectivity index (χ1n) is 8.51. The minimum absolute atomic E-state index is 0.0882. The van der Waals surface area contributed by atoms with Crippen LogP contribution in [0.3, 0.4) is 0 Å². The number of benzene rings is 1. The summed E-state index contributed by atoms with van der Waals surface area (Å²) < 4.78 is 27.8. The Morgan fingerprint density at radius 2 is 2.00 bits per heavy atom. The van der Waals surface area contributed by atoms with Gasteiger partial charge in [-0.25, -0.2) is 8.78 Å². The molecule has 0 aliphatic rings. The Kier molecular flexibility index (Phi) is 8.18. The van der Waals surface area contributed by atoms with Crippen LogP contribution in [-0.2, 0) is 16.1 Å². The molecule has 146 valence electrons. The lowest BCUT2D eigenvalue weighted by Gasteiger charge is -2.08. The first-order valence-corrected chi connectivity index (χ1v) is 9.50. The van der Waals surface area contributed by atoms with Crippen molar-refractivity contribution < 1.29 is 18.4 Å². The molecular formula is C17H21F2N5O2S. The van der Waals surface area contributed by atoms with Crippen molar-refractivity contribution >= 4 is 29.3 Å². The maximum Gasteiger partial charge on any atom is 0.243 e. The number of rotatable bonds is 10. The quantitative estimate of drug-likeness (QED) is 0.475. The summed E-state index contributed by atoms with van der Waals surface area (Å²) in [6.07, 6.45) is 4.86. The maximum absolute atomic E-state index is 13.1. The summed E-state index contributed by atoms with van der Waals surface area (Å²) in [5, 5.41) is 13.3. The minimum Gasteiger partial charge on any atom is -0.346 e. The third kappa shape index (κ3) is 6.97. The highest BCUT2D eigenvalue weighted by Crippen LogP contribution is 2.15. The molecule has 27 heavy (non-hydrogen) atoms. The van der Waals surface area contributed by atoms with Crippen LogP contribution >= 0.6 is 11.8 Å². The van der Waals surface area contributed by atoms with E-state index in [0.29, 0.717) is 5.16 Å². The van der Waals surface area contributed by atoms with Crippen LogP contribution in [0.15, 0.2) is 29.7 Å². The summed E-state index contributed by atoms with van der Waals surface area (Å²) >= 11 is 1.23. The maximum atomic E-state index is 13.1. The Labute approximate surface area is 159 Å². The molecule has 1 heterocycles. The van der Waals surface area contributed by atoms with Gasteiger partial charge in [-0.05, 0) is 18.6 Å². The van der Waals surface area contributed by atoms with Crippen molar-refractivity contribution in [1.82, 2.24) is 20.1 Å². The molecular weight excluding hydrogens is 376 g/mol. The fourth-order valence-corrected chi connectivity index (χ4v) is 2.95. The third-order valence-corrected chi connectivity index (χ3v) is 4.55. The standard InChI is InChI=1S/C17H21F2N5O2S/c1-2-3-4-7-24-11-21-23-17(24)27-10-16(26)20-9-15(25)22-12-5-6-13(18)14(19)8-12/h5-6,8,11H,2-4,7,9-10H2,1H3,(H,20,26)(H,22,25). The van der Waals surface area contributed by atoms with E-state index >= 15 is 0 Å². The van der Waals surface area contributed by atoms with Gasteiger partial charge in [0.15, 0.2) is 16.8 Å². The Hall–Kier alpha value is -2.49. The average Bonchev–Trinajstić information content (AvgIpc) is 3.09. The van der Waals surface area contributed by atoms with Crippen molar-refractivity contribution in [3.63, 3.8) is 0 Å². The molecule has 0 fully saturated rings. The lowest BCUT2D eigenvalue weighted by atomic mass is 10.2. The predicted octanol–water partition coefficient (Wildman–Crippen LogP) is 2.59. The number of carbonyl (C=O) groups is 2. The van der Waals surface area contributed by atoms with E-state index in [2.05, 4.69) is 27.8 Å². The number of hydrogen-bond donors (Lipinski definition) is 2. The molecule has 2 rings (SSSR count). The highest BCUT2D eigenvalue weighted by atomic mass is 32.2. The molecule has 0 aliphatic carbocycles. The monoisotopic (exact) mass is 397 g/mol. The first-order chi connectivity index (χ1) is 13.0. The molecule has 0 aliphatic heterocycles. The zero-order valence-electron chi connectivity index (χ0n) is 14.9. The van der Waals surface area contributed by atoms with Crippen LogP contribution < -0.4 is 10.6 Å². The number of halogens is 2. The fraction of sp³-hybridized carbons (Fsp3) is 0.412. The van der Waals surface area contributed by atoms with Crippen molar-refractivity contribution in [3.8, 4) is 0 Å². The van der Waals surface area contributed by atoms with Crippen LogP contribution in [0, 0.1) is 11.6 Å². The van der Waals surface area contributed by atoms with Crippen molar-refractivity contribution in [3.05, 3.63) is 36.2 Å². The summed E-state index contributed by atoms with van der Waals surface area (Å²) in [6.45, 7) is 2.64. The third-order valence-electron chi connectivity index (χ3n) is 3.56. The van der Waals surface area contributed by atoms with E-state index in [1.807, 2.05) is 4.57 Å². The molecule has 0 radical (unpaired) electrons. The van der Waals surface area contributed by atoms with Crippen molar-refractivity contribution in [2.45, 2.75) is 37.9 Å². The van der Waals surface area contributed by atoms with Crippen LogP contribution in [0.2, 0.25) is 0 Å². The minimum atomic E-state index is -1.06. The molecule has 2 N–H and O–H groups in total. The van der Waals surface area contributed by atoms with E-state index in [1.165, 1.54) is 17.8 Å². The van der Waals surface area contributed by atoms with Gasteiger partial charge in [-0.2, -0.15) is 0 Å². The smallest absolute Gasteiger partial charge is 0.243 e. The highest BCUT2D eigenvalue weighted by Gasteiger charge is 2.11. The second-order valence-corrected chi connectivity index (χ2v) is 6.70. The summed E-state index contributed by atoms with van der Waals surface area (Å²) in [5.41, 5.74) is 0.114. The number of amides is 2. The second-order valence-electron chi connectivity index (χ2n) is 5.76.